The summed E-state index contributed by atoms with van der Waals surface area (Å²) < 4.78 is 30.3. The Morgan fingerprint density at radius 3 is 2.76 bits per heavy atom. The van der Waals surface area contributed by atoms with Gasteiger partial charge in [-0.2, -0.15) is 0 Å². The van der Waals surface area contributed by atoms with E-state index >= 15 is 0 Å². The highest BCUT2D eigenvalue weighted by molar-refractivity contribution is 6.04. The van der Waals surface area contributed by atoms with Crippen molar-refractivity contribution in [3.63, 3.8) is 0 Å². The summed E-state index contributed by atoms with van der Waals surface area (Å²) in [6, 6.07) is 6.06. The summed E-state index contributed by atoms with van der Waals surface area (Å²) in [5.74, 6) is -1.80. The van der Waals surface area contributed by atoms with Crippen molar-refractivity contribution >= 4 is 35.3 Å². The Bertz CT molecular complexity index is 1050. The molecule has 0 radical (unpaired) electrons. The van der Waals surface area contributed by atoms with Crippen LogP contribution in [0.15, 0.2) is 36.7 Å². The summed E-state index contributed by atoms with van der Waals surface area (Å²) >= 11 is 0. The van der Waals surface area contributed by atoms with Crippen LogP contribution in [0.25, 0.3) is 5.65 Å². The Morgan fingerprint density at radius 1 is 1.24 bits per heavy atom. The van der Waals surface area contributed by atoms with Gasteiger partial charge in [0.2, 0.25) is 0 Å². The maximum atomic E-state index is 14.6. The van der Waals surface area contributed by atoms with Gasteiger partial charge in [-0.15, -0.1) is 12.4 Å². The van der Waals surface area contributed by atoms with Crippen molar-refractivity contribution in [2.24, 2.45) is 0 Å². The zero-order chi connectivity index (χ0) is 19.8. The van der Waals surface area contributed by atoms with Crippen LogP contribution in [-0.2, 0) is 0 Å². The Labute approximate surface area is 173 Å². The second kappa shape index (κ2) is 8.34. The van der Waals surface area contributed by atoms with E-state index in [0.717, 1.165) is 25.3 Å². The number of aromatic nitrogens is 2. The highest BCUT2D eigenvalue weighted by atomic mass is 35.5. The lowest BCUT2D eigenvalue weighted by Crippen LogP contribution is -2.49. The second-order valence-corrected chi connectivity index (χ2v) is 7.11. The first-order chi connectivity index (χ1) is 13.4. The topological polar surface area (TPSA) is 61.7 Å². The van der Waals surface area contributed by atoms with Gasteiger partial charge in [-0.05, 0) is 32.0 Å². The molecule has 1 unspecified atom stereocenters. The highest BCUT2D eigenvalue weighted by Crippen LogP contribution is 2.22. The first-order valence-corrected chi connectivity index (χ1v) is 9.15. The number of benzene rings is 1. The van der Waals surface area contributed by atoms with Crippen LogP contribution in [0.5, 0.6) is 0 Å². The monoisotopic (exact) mass is 421 g/mol. The second-order valence-electron chi connectivity index (χ2n) is 7.11. The van der Waals surface area contributed by atoms with E-state index in [9.17, 15) is 13.6 Å². The van der Waals surface area contributed by atoms with Gasteiger partial charge in [-0.25, -0.2) is 13.8 Å². The fourth-order valence-electron chi connectivity index (χ4n) is 3.50. The number of nitrogens with one attached hydrogen (secondary N) is 2. The zero-order valence-electron chi connectivity index (χ0n) is 16.1. The minimum Gasteiger partial charge on any atom is -0.369 e. The lowest BCUT2D eigenvalue weighted by atomic mass is 10.1. The zero-order valence-corrected chi connectivity index (χ0v) is 16.9. The van der Waals surface area contributed by atoms with Gasteiger partial charge in [0.05, 0.1) is 16.9 Å². The maximum absolute atomic E-state index is 14.6. The van der Waals surface area contributed by atoms with Crippen LogP contribution < -0.4 is 15.5 Å². The third kappa shape index (κ3) is 4.33. The summed E-state index contributed by atoms with van der Waals surface area (Å²) in [5, 5.41) is 5.89. The third-order valence-corrected chi connectivity index (χ3v) is 4.82. The molecule has 29 heavy (non-hydrogen) atoms. The molecule has 3 heterocycles. The average Bonchev–Trinajstić information content (AvgIpc) is 3.02. The average molecular weight is 422 g/mol. The first kappa shape index (κ1) is 21.0. The number of fused-ring (bicyclic) bond motifs is 1. The molecule has 3 aromatic rings. The molecule has 1 aromatic carbocycles. The van der Waals surface area contributed by atoms with Crippen LogP contribution in [-0.4, -0.2) is 41.0 Å². The summed E-state index contributed by atoms with van der Waals surface area (Å²) in [5.41, 5.74) is 1.72. The van der Waals surface area contributed by atoms with Gasteiger partial charge in [0, 0.05) is 49.8 Å². The molecule has 0 saturated carbocycles. The van der Waals surface area contributed by atoms with E-state index in [2.05, 4.69) is 27.4 Å². The summed E-state index contributed by atoms with van der Waals surface area (Å²) in [6.45, 7) is 6.20. The lowest BCUT2D eigenvalue weighted by Gasteiger charge is -2.33. The summed E-state index contributed by atoms with van der Waals surface area (Å²) in [7, 11) is 0. The number of anilines is 2. The largest absolute Gasteiger partial charge is 0.369 e. The standard InChI is InChI=1S/C20H21F2N5O.ClH/c1-12-9-26(6-5-23-12)15-3-4-16(17(21)8-15)20(28)25-14-7-18(22)19-24-13(2)10-27(19)11-14;/h3-4,7-8,10-12,23H,5-6,9H2,1-2H3,(H,25,28);1H. The third-order valence-electron chi connectivity index (χ3n) is 4.82. The van der Waals surface area contributed by atoms with Gasteiger partial charge in [0.25, 0.3) is 5.91 Å². The van der Waals surface area contributed by atoms with Crippen molar-refractivity contribution in [1.82, 2.24) is 14.7 Å². The van der Waals surface area contributed by atoms with Crippen molar-refractivity contribution in [2.75, 3.05) is 29.9 Å². The number of aryl methyl sites for hydroxylation is 1. The molecule has 9 heteroatoms. The predicted molar refractivity (Wildman–Crippen MR) is 111 cm³/mol. The number of hydrogen-bond acceptors (Lipinski definition) is 4. The number of hydrogen-bond donors (Lipinski definition) is 2. The molecule has 1 amide bonds. The number of imidazole rings is 1. The number of amides is 1. The molecular formula is C20H22ClF2N5O. The SMILES string of the molecule is Cc1cn2cc(NC(=O)c3ccc(N4CCNC(C)C4)cc3F)cc(F)c2n1.Cl. The van der Waals surface area contributed by atoms with Crippen molar-refractivity contribution in [1.29, 1.82) is 0 Å². The van der Waals surface area contributed by atoms with Crippen LogP contribution in [0.3, 0.4) is 0 Å². The minimum atomic E-state index is -0.631. The van der Waals surface area contributed by atoms with Gasteiger partial charge in [-0.1, -0.05) is 0 Å². The molecule has 0 aliphatic carbocycles. The number of piperazine rings is 1. The van der Waals surface area contributed by atoms with E-state index in [1.54, 1.807) is 25.4 Å². The molecule has 4 rings (SSSR count). The fourth-order valence-corrected chi connectivity index (χ4v) is 3.50. The van der Waals surface area contributed by atoms with E-state index in [0.29, 0.717) is 11.7 Å². The maximum Gasteiger partial charge on any atom is 0.258 e. The summed E-state index contributed by atoms with van der Waals surface area (Å²) in [6.07, 6.45) is 3.20. The van der Waals surface area contributed by atoms with Crippen LogP contribution in [0.2, 0.25) is 0 Å². The normalized spacial score (nSPS) is 16.6. The Hall–Kier alpha value is -2.71. The van der Waals surface area contributed by atoms with E-state index in [1.165, 1.54) is 22.6 Å². The molecule has 0 spiro atoms. The highest BCUT2D eigenvalue weighted by Gasteiger charge is 2.19. The molecule has 0 bridgehead atoms. The molecule has 1 aliphatic heterocycles. The molecule has 2 N–H and O–H groups in total. The molecule has 2 aromatic heterocycles. The fraction of sp³-hybridized carbons (Fsp3) is 0.300. The predicted octanol–water partition coefficient (Wildman–Crippen LogP) is 3.39. The molecule has 154 valence electrons. The lowest BCUT2D eigenvalue weighted by molar-refractivity contribution is 0.102. The van der Waals surface area contributed by atoms with Crippen LogP contribution >= 0.6 is 12.4 Å². The molecule has 1 atom stereocenters. The van der Waals surface area contributed by atoms with Gasteiger partial charge < -0.3 is 19.9 Å². The van der Waals surface area contributed by atoms with E-state index in [4.69, 9.17) is 0 Å². The Kier molecular flexibility index (Phi) is 6.04. The smallest absolute Gasteiger partial charge is 0.258 e. The van der Waals surface area contributed by atoms with Crippen molar-refractivity contribution in [2.45, 2.75) is 19.9 Å². The molecule has 6 nitrogen and oxygen atoms in total. The van der Waals surface area contributed by atoms with Crippen molar-refractivity contribution in [3.8, 4) is 0 Å². The quantitative estimate of drug-likeness (QED) is 0.680. The van der Waals surface area contributed by atoms with Crippen LogP contribution in [0.1, 0.15) is 23.0 Å². The van der Waals surface area contributed by atoms with Crippen molar-refractivity contribution in [3.05, 3.63) is 59.6 Å². The Morgan fingerprint density at radius 2 is 2.03 bits per heavy atom. The number of carbonyl (C=O) groups is 1. The summed E-state index contributed by atoms with van der Waals surface area (Å²) in [4.78, 5) is 18.7. The molecular weight excluding hydrogens is 400 g/mol. The number of pyridine rings is 1. The van der Waals surface area contributed by atoms with Gasteiger partial charge in [-0.3, -0.25) is 4.79 Å². The van der Waals surface area contributed by atoms with E-state index in [1.807, 2.05) is 0 Å². The van der Waals surface area contributed by atoms with Crippen molar-refractivity contribution < 1.29 is 13.6 Å². The van der Waals surface area contributed by atoms with Crippen LogP contribution in [0, 0.1) is 18.6 Å². The Balaban J connectivity index is 0.00000240. The number of nitrogens with zero attached hydrogens (tertiary/aromatic N) is 3. The number of halogens is 3. The number of rotatable bonds is 3. The van der Waals surface area contributed by atoms with Gasteiger partial charge in [0.1, 0.15) is 5.82 Å². The molecule has 1 aliphatic rings. The number of carbonyl (C=O) groups excluding carboxylic acids is 1. The van der Waals surface area contributed by atoms with Crippen LogP contribution in [0.4, 0.5) is 20.2 Å². The van der Waals surface area contributed by atoms with Gasteiger partial charge >= 0.3 is 0 Å². The molecule has 1 fully saturated rings. The minimum absolute atomic E-state index is 0. The van der Waals surface area contributed by atoms with Gasteiger partial charge in [0.15, 0.2) is 11.5 Å². The first-order valence-electron chi connectivity index (χ1n) is 9.15. The molecule has 1 saturated heterocycles. The van der Waals surface area contributed by atoms with E-state index < -0.39 is 17.5 Å². The van der Waals surface area contributed by atoms with E-state index in [-0.39, 0.29) is 29.3 Å².